The van der Waals surface area contributed by atoms with Crippen LogP contribution in [0.25, 0.3) is 11.5 Å². The zero-order valence-electron chi connectivity index (χ0n) is 22.0. The van der Waals surface area contributed by atoms with E-state index >= 15 is 0 Å². The molecule has 3 heterocycles. The fourth-order valence-corrected chi connectivity index (χ4v) is 5.64. The molecule has 0 saturated heterocycles. The number of aromatic nitrogens is 3. The summed E-state index contributed by atoms with van der Waals surface area (Å²) in [5.74, 6) is 1.71. The fraction of sp³-hybridized carbons (Fsp3) is 0.161. The summed E-state index contributed by atoms with van der Waals surface area (Å²) in [6.45, 7) is 2.40. The average Bonchev–Trinajstić information content (AvgIpc) is 3.54. The number of amides is 2. The molecule has 0 fully saturated rings. The number of methoxy groups -OCH3 is 1. The average molecular weight is 536 g/mol. The van der Waals surface area contributed by atoms with Gasteiger partial charge in [0.05, 0.1) is 36.8 Å². The van der Waals surface area contributed by atoms with Crippen molar-refractivity contribution in [3.05, 3.63) is 120 Å². The van der Waals surface area contributed by atoms with Crippen molar-refractivity contribution in [1.82, 2.24) is 19.2 Å². The maximum Gasteiger partial charge on any atom is 0.322 e. The summed E-state index contributed by atoms with van der Waals surface area (Å²) < 4.78 is 9.56. The number of urea groups is 1. The molecule has 1 aliphatic heterocycles. The molecule has 2 amide bonds. The molecule has 1 N–H and O–H groups in total. The molecule has 196 valence electrons. The van der Waals surface area contributed by atoms with Crippen LogP contribution in [0.2, 0.25) is 0 Å². The maximum atomic E-state index is 14.1. The van der Waals surface area contributed by atoms with Gasteiger partial charge in [-0.15, -0.1) is 11.8 Å². The number of anilines is 1. The van der Waals surface area contributed by atoms with Crippen molar-refractivity contribution in [3.63, 3.8) is 0 Å². The standard InChI is InChI=1S/C31H29N5O2S/c1-21-27-20-35(31(37)32-23-9-7-12-26(19-23)39-3)29(22-14-16-25(38-2)17-15-22)28-13-8-18-34(28)30(27)36(33-21)24-10-5-4-6-11-24/h4-19,29H,20H2,1-3H3,(H,32,37)/t29-/m0/s1. The first-order valence-electron chi connectivity index (χ1n) is 12.7. The highest BCUT2D eigenvalue weighted by Crippen LogP contribution is 2.39. The van der Waals surface area contributed by atoms with Crippen molar-refractivity contribution in [2.45, 2.75) is 24.4 Å². The summed E-state index contributed by atoms with van der Waals surface area (Å²) >= 11 is 1.64. The van der Waals surface area contributed by atoms with Crippen LogP contribution in [0.5, 0.6) is 5.75 Å². The van der Waals surface area contributed by atoms with Gasteiger partial charge < -0.3 is 19.5 Å². The number of carbonyl (C=O) groups excluding carboxylic acids is 1. The first-order valence-corrected chi connectivity index (χ1v) is 14.0. The highest BCUT2D eigenvalue weighted by molar-refractivity contribution is 7.98. The third kappa shape index (κ3) is 4.57. The molecule has 6 rings (SSSR count). The molecule has 2 aromatic heterocycles. The number of aryl methyl sites for hydroxylation is 1. The summed E-state index contributed by atoms with van der Waals surface area (Å²) in [5, 5.41) is 8.08. The lowest BCUT2D eigenvalue weighted by Crippen LogP contribution is -2.38. The first kappa shape index (κ1) is 24.9. The second kappa shape index (κ2) is 10.4. The SMILES string of the molecule is COc1ccc([C@H]2c3cccn3-c3c(c(C)nn3-c3ccccc3)CN2C(=O)Nc2cccc(SC)c2)cc1. The van der Waals surface area contributed by atoms with E-state index in [0.717, 1.165) is 50.4 Å². The Morgan fingerprint density at radius 2 is 1.79 bits per heavy atom. The lowest BCUT2D eigenvalue weighted by molar-refractivity contribution is 0.194. The number of thioether (sulfide) groups is 1. The van der Waals surface area contributed by atoms with Gasteiger partial charge in [-0.1, -0.05) is 36.4 Å². The molecule has 0 spiro atoms. The molecule has 0 radical (unpaired) electrons. The molecule has 0 aliphatic carbocycles. The van der Waals surface area contributed by atoms with Crippen LogP contribution in [0.3, 0.4) is 0 Å². The molecule has 1 aliphatic rings. The van der Waals surface area contributed by atoms with E-state index in [4.69, 9.17) is 9.84 Å². The lowest BCUT2D eigenvalue weighted by Gasteiger charge is -2.31. The highest BCUT2D eigenvalue weighted by Gasteiger charge is 2.36. The number of fused-ring (bicyclic) bond motifs is 3. The van der Waals surface area contributed by atoms with Gasteiger partial charge in [0.25, 0.3) is 0 Å². The monoisotopic (exact) mass is 535 g/mol. The van der Waals surface area contributed by atoms with Crippen LogP contribution >= 0.6 is 11.8 Å². The maximum absolute atomic E-state index is 14.1. The van der Waals surface area contributed by atoms with Crippen LogP contribution in [0.15, 0.2) is 102 Å². The number of hydrogen-bond donors (Lipinski definition) is 1. The van der Waals surface area contributed by atoms with E-state index in [1.807, 2.05) is 108 Å². The van der Waals surface area contributed by atoms with Gasteiger partial charge in [0, 0.05) is 22.3 Å². The number of hydrogen-bond acceptors (Lipinski definition) is 4. The predicted molar refractivity (Wildman–Crippen MR) is 155 cm³/mol. The molecule has 8 heteroatoms. The number of rotatable bonds is 5. The number of nitrogens with zero attached hydrogens (tertiary/aromatic N) is 4. The molecule has 3 aromatic carbocycles. The second-order valence-corrected chi connectivity index (χ2v) is 10.3. The predicted octanol–water partition coefficient (Wildman–Crippen LogP) is 6.84. The molecule has 1 atom stereocenters. The van der Waals surface area contributed by atoms with Crippen LogP contribution in [0.1, 0.15) is 28.6 Å². The Labute approximate surface area is 232 Å². The quantitative estimate of drug-likeness (QED) is 0.250. The summed E-state index contributed by atoms with van der Waals surface area (Å²) in [5.41, 5.74) is 5.58. The minimum absolute atomic E-state index is 0.179. The van der Waals surface area contributed by atoms with Crippen LogP contribution in [0, 0.1) is 6.92 Å². The van der Waals surface area contributed by atoms with E-state index in [0.29, 0.717) is 6.54 Å². The Hall–Kier alpha value is -4.43. The Morgan fingerprint density at radius 1 is 1.00 bits per heavy atom. The van der Waals surface area contributed by atoms with Gasteiger partial charge in [0.2, 0.25) is 0 Å². The number of carbonyl (C=O) groups is 1. The minimum Gasteiger partial charge on any atom is -0.497 e. The molecule has 39 heavy (non-hydrogen) atoms. The Bertz CT molecular complexity index is 1620. The van der Waals surface area contributed by atoms with Gasteiger partial charge in [0.15, 0.2) is 0 Å². The molecule has 7 nitrogen and oxygen atoms in total. The number of para-hydroxylation sites is 1. The van der Waals surface area contributed by atoms with Crippen molar-refractivity contribution in [2.75, 3.05) is 18.7 Å². The van der Waals surface area contributed by atoms with Crippen molar-refractivity contribution in [1.29, 1.82) is 0 Å². The van der Waals surface area contributed by atoms with Crippen LogP contribution in [-0.2, 0) is 6.54 Å². The van der Waals surface area contributed by atoms with Gasteiger partial charge in [0.1, 0.15) is 11.6 Å². The van der Waals surface area contributed by atoms with Gasteiger partial charge in [-0.05, 0) is 73.3 Å². The zero-order chi connectivity index (χ0) is 26.9. The number of nitrogens with one attached hydrogen (secondary N) is 1. The molecule has 0 unspecified atom stereocenters. The Balaban J connectivity index is 1.51. The van der Waals surface area contributed by atoms with Crippen LogP contribution in [-0.4, -0.2) is 38.6 Å². The minimum atomic E-state index is -0.342. The molecule has 5 aromatic rings. The largest absolute Gasteiger partial charge is 0.497 e. The molecule has 0 saturated carbocycles. The van der Waals surface area contributed by atoms with Crippen molar-refractivity contribution in [3.8, 4) is 17.3 Å². The van der Waals surface area contributed by atoms with Gasteiger partial charge in [-0.3, -0.25) is 0 Å². The Kier molecular flexibility index (Phi) is 6.62. The van der Waals surface area contributed by atoms with Crippen molar-refractivity contribution < 1.29 is 9.53 Å². The van der Waals surface area contributed by atoms with E-state index in [-0.39, 0.29) is 12.1 Å². The van der Waals surface area contributed by atoms with E-state index in [1.165, 1.54) is 0 Å². The fourth-order valence-electron chi connectivity index (χ4n) is 5.18. The topological polar surface area (TPSA) is 64.3 Å². The molecule has 0 bridgehead atoms. The summed E-state index contributed by atoms with van der Waals surface area (Å²) in [7, 11) is 1.66. The van der Waals surface area contributed by atoms with Gasteiger partial charge in [-0.25, -0.2) is 9.48 Å². The number of ether oxygens (including phenoxy) is 1. The molecular weight excluding hydrogens is 506 g/mol. The third-order valence-electron chi connectivity index (χ3n) is 7.10. The normalized spacial score (nSPS) is 14.3. The second-order valence-electron chi connectivity index (χ2n) is 9.40. The van der Waals surface area contributed by atoms with Crippen LogP contribution < -0.4 is 10.1 Å². The van der Waals surface area contributed by atoms with Crippen molar-refractivity contribution >= 4 is 23.5 Å². The van der Waals surface area contributed by atoms with Gasteiger partial charge >= 0.3 is 6.03 Å². The van der Waals surface area contributed by atoms with E-state index in [2.05, 4.69) is 22.1 Å². The lowest BCUT2D eigenvalue weighted by atomic mass is 10.0. The third-order valence-corrected chi connectivity index (χ3v) is 7.83. The van der Waals surface area contributed by atoms with Gasteiger partial charge in [-0.2, -0.15) is 5.10 Å². The zero-order valence-corrected chi connectivity index (χ0v) is 22.9. The summed E-state index contributed by atoms with van der Waals surface area (Å²) in [6, 6.07) is 29.5. The smallest absolute Gasteiger partial charge is 0.322 e. The molecular formula is C31H29N5O2S. The van der Waals surface area contributed by atoms with Crippen molar-refractivity contribution in [2.24, 2.45) is 0 Å². The van der Waals surface area contributed by atoms with E-state index < -0.39 is 0 Å². The summed E-state index contributed by atoms with van der Waals surface area (Å²) in [6.07, 6.45) is 4.08. The number of benzene rings is 3. The van der Waals surface area contributed by atoms with Crippen LogP contribution in [0.4, 0.5) is 10.5 Å². The highest BCUT2D eigenvalue weighted by atomic mass is 32.2. The first-order chi connectivity index (χ1) is 19.1. The van der Waals surface area contributed by atoms with E-state index in [9.17, 15) is 4.79 Å². The Morgan fingerprint density at radius 3 is 2.54 bits per heavy atom. The summed E-state index contributed by atoms with van der Waals surface area (Å²) in [4.78, 5) is 17.1. The van der Waals surface area contributed by atoms with E-state index in [1.54, 1.807) is 18.9 Å².